The summed E-state index contributed by atoms with van der Waals surface area (Å²) in [5.74, 6) is 0.373. The van der Waals surface area contributed by atoms with Gasteiger partial charge in [0.05, 0.1) is 17.0 Å². The summed E-state index contributed by atoms with van der Waals surface area (Å²) in [6.45, 7) is 1.88. The summed E-state index contributed by atoms with van der Waals surface area (Å²) in [6.07, 6.45) is 3.50. The molecule has 0 aliphatic rings. The molecule has 0 N–H and O–H groups in total. The number of fused-ring (bicyclic) bond motifs is 1. The molecule has 8 nitrogen and oxygen atoms in total. The number of aryl methyl sites for hydroxylation is 2. The van der Waals surface area contributed by atoms with Crippen molar-refractivity contribution in [2.75, 3.05) is 0 Å². The molecule has 0 radical (unpaired) electrons. The first-order valence-electron chi connectivity index (χ1n) is 8.54. The van der Waals surface area contributed by atoms with Crippen LogP contribution in [0.1, 0.15) is 5.69 Å². The zero-order chi connectivity index (χ0) is 19.3. The van der Waals surface area contributed by atoms with Gasteiger partial charge in [-0.05, 0) is 37.3 Å². The van der Waals surface area contributed by atoms with E-state index in [1.165, 1.54) is 12.1 Å². The average molecular weight is 375 g/mol. The van der Waals surface area contributed by atoms with Crippen LogP contribution in [0.3, 0.4) is 0 Å². The minimum atomic E-state index is -0.292. The van der Waals surface area contributed by atoms with Crippen LogP contribution in [0.2, 0.25) is 0 Å². The predicted molar refractivity (Wildman–Crippen MR) is 98.6 cm³/mol. The van der Waals surface area contributed by atoms with E-state index in [1.807, 2.05) is 26.2 Å². The van der Waals surface area contributed by atoms with Gasteiger partial charge in [-0.2, -0.15) is 10.2 Å². The Kier molecular flexibility index (Phi) is 3.54. The molecule has 0 saturated carbocycles. The second-order valence-corrected chi connectivity index (χ2v) is 6.35. The standard InChI is InChI=1S/C19H14FN7O/c1-11-14(10-26(2)24-11)18-22-23-19(28-18)15-9-17-21-8-7-16(27(17)25-15)12-3-5-13(20)6-4-12/h3-10H,1-2H3. The summed E-state index contributed by atoms with van der Waals surface area (Å²) in [7, 11) is 1.83. The van der Waals surface area contributed by atoms with Gasteiger partial charge in [-0.1, -0.05) is 0 Å². The maximum atomic E-state index is 13.2. The van der Waals surface area contributed by atoms with Crippen molar-refractivity contribution >= 4 is 5.65 Å². The number of halogens is 1. The fourth-order valence-electron chi connectivity index (χ4n) is 3.08. The van der Waals surface area contributed by atoms with Gasteiger partial charge in [-0.3, -0.25) is 4.68 Å². The molecule has 0 unspecified atom stereocenters. The summed E-state index contributed by atoms with van der Waals surface area (Å²) in [6, 6.07) is 9.79. The first kappa shape index (κ1) is 16.3. The van der Waals surface area contributed by atoms with Gasteiger partial charge in [0.25, 0.3) is 11.8 Å². The van der Waals surface area contributed by atoms with Crippen LogP contribution in [0.5, 0.6) is 0 Å². The van der Waals surface area contributed by atoms with E-state index in [0.717, 1.165) is 22.5 Å². The molecule has 0 fully saturated rings. The van der Waals surface area contributed by atoms with Crippen molar-refractivity contribution in [1.29, 1.82) is 0 Å². The van der Waals surface area contributed by atoms with Gasteiger partial charge >= 0.3 is 0 Å². The highest BCUT2D eigenvalue weighted by Crippen LogP contribution is 2.27. The van der Waals surface area contributed by atoms with Gasteiger partial charge in [0.15, 0.2) is 11.3 Å². The Morgan fingerprint density at radius 3 is 2.54 bits per heavy atom. The van der Waals surface area contributed by atoms with Gasteiger partial charge < -0.3 is 4.42 Å². The summed E-state index contributed by atoms with van der Waals surface area (Å²) in [5.41, 5.74) is 4.29. The van der Waals surface area contributed by atoms with Crippen LogP contribution in [0, 0.1) is 12.7 Å². The van der Waals surface area contributed by atoms with E-state index in [2.05, 4.69) is 25.4 Å². The lowest BCUT2D eigenvalue weighted by atomic mass is 10.1. The van der Waals surface area contributed by atoms with E-state index in [4.69, 9.17) is 4.42 Å². The van der Waals surface area contributed by atoms with Gasteiger partial charge in [0.2, 0.25) is 0 Å². The van der Waals surface area contributed by atoms with Crippen molar-refractivity contribution in [2.45, 2.75) is 6.92 Å². The molecule has 4 aromatic heterocycles. The molecule has 138 valence electrons. The molecular weight excluding hydrogens is 361 g/mol. The van der Waals surface area contributed by atoms with E-state index < -0.39 is 0 Å². The van der Waals surface area contributed by atoms with Crippen LogP contribution in [0.25, 0.3) is 39.9 Å². The molecule has 5 rings (SSSR count). The second kappa shape index (κ2) is 6.08. The summed E-state index contributed by atoms with van der Waals surface area (Å²) >= 11 is 0. The van der Waals surface area contributed by atoms with Gasteiger partial charge in [-0.25, -0.2) is 13.9 Å². The molecule has 0 atom stereocenters. The highest BCUT2D eigenvalue weighted by molar-refractivity contribution is 5.66. The largest absolute Gasteiger partial charge is 0.414 e. The Morgan fingerprint density at radius 2 is 1.79 bits per heavy atom. The monoisotopic (exact) mass is 375 g/mol. The Morgan fingerprint density at radius 1 is 1.00 bits per heavy atom. The Labute approximate surface area is 158 Å². The molecule has 0 bridgehead atoms. The third kappa shape index (κ3) is 2.64. The van der Waals surface area contributed by atoms with Gasteiger partial charge in [0.1, 0.15) is 5.82 Å². The van der Waals surface area contributed by atoms with E-state index in [0.29, 0.717) is 17.2 Å². The smallest absolute Gasteiger partial charge is 0.268 e. The van der Waals surface area contributed by atoms with E-state index in [-0.39, 0.29) is 11.7 Å². The Hall–Kier alpha value is -3.88. The van der Waals surface area contributed by atoms with Crippen LogP contribution in [0.15, 0.2) is 53.2 Å². The first-order chi connectivity index (χ1) is 13.6. The SMILES string of the molecule is Cc1nn(C)cc1-c1nnc(-c2cc3nccc(-c4ccc(F)cc4)n3n2)o1. The minimum absolute atomic E-state index is 0.286. The van der Waals surface area contributed by atoms with E-state index in [9.17, 15) is 4.39 Å². The molecule has 5 aromatic rings. The maximum Gasteiger partial charge on any atom is 0.268 e. The number of hydrogen-bond acceptors (Lipinski definition) is 6. The molecule has 0 aliphatic heterocycles. The summed E-state index contributed by atoms with van der Waals surface area (Å²) in [5, 5.41) is 17.1. The van der Waals surface area contributed by atoms with Gasteiger partial charge in [-0.15, -0.1) is 10.2 Å². The van der Waals surface area contributed by atoms with Gasteiger partial charge in [0, 0.05) is 31.1 Å². The summed E-state index contributed by atoms with van der Waals surface area (Å²) < 4.78 is 22.4. The third-order valence-electron chi connectivity index (χ3n) is 4.39. The Balaban J connectivity index is 1.58. The van der Waals surface area contributed by atoms with Crippen molar-refractivity contribution < 1.29 is 8.81 Å². The van der Waals surface area contributed by atoms with E-state index >= 15 is 0 Å². The molecule has 4 heterocycles. The highest BCUT2D eigenvalue weighted by Gasteiger charge is 2.18. The fourth-order valence-corrected chi connectivity index (χ4v) is 3.08. The minimum Gasteiger partial charge on any atom is -0.414 e. The van der Waals surface area contributed by atoms with Crippen molar-refractivity contribution in [2.24, 2.45) is 7.05 Å². The number of aromatic nitrogens is 7. The van der Waals surface area contributed by atoms with Crippen molar-refractivity contribution in [1.82, 2.24) is 34.6 Å². The number of rotatable bonds is 3. The highest BCUT2D eigenvalue weighted by atomic mass is 19.1. The van der Waals surface area contributed by atoms with Crippen LogP contribution in [-0.4, -0.2) is 34.6 Å². The zero-order valence-corrected chi connectivity index (χ0v) is 15.0. The first-order valence-corrected chi connectivity index (χ1v) is 8.54. The van der Waals surface area contributed by atoms with Crippen molar-refractivity contribution in [3.63, 3.8) is 0 Å². The molecule has 0 spiro atoms. The maximum absolute atomic E-state index is 13.2. The Bertz CT molecular complexity index is 1300. The molecule has 0 aliphatic carbocycles. The lowest BCUT2D eigenvalue weighted by molar-refractivity contribution is 0.581. The molecular formula is C19H14FN7O. The van der Waals surface area contributed by atoms with Crippen molar-refractivity contribution in [3.05, 3.63) is 60.3 Å². The average Bonchev–Trinajstić information content (AvgIpc) is 3.39. The van der Waals surface area contributed by atoms with E-state index in [1.54, 1.807) is 33.6 Å². The van der Waals surface area contributed by atoms with Crippen LogP contribution in [-0.2, 0) is 7.05 Å². The molecule has 0 saturated heterocycles. The molecule has 1 aromatic carbocycles. The van der Waals surface area contributed by atoms with Crippen LogP contribution in [0.4, 0.5) is 4.39 Å². The van der Waals surface area contributed by atoms with Crippen LogP contribution >= 0.6 is 0 Å². The zero-order valence-electron chi connectivity index (χ0n) is 15.0. The normalized spacial score (nSPS) is 11.4. The number of benzene rings is 1. The molecule has 0 amide bonds. The topological polar surface area (TPSA) is 86.9 Å². The third-order valence-corrected chi connectivity index (χ3v) is 4.39. The predicted octanol–water partition coefficient (Wildman–Crippen LogP) is 3.29. The summed E-state index contributed by atoms with van der Waals surface area (Å²) in [4.78, 5) is 4.34. The molecule has 28 heavy (non-hydrogen) atoms. The lowest BCUT2D eigenvalue weighted by Gasteiger charge is -2.03. The number of nitrogens with zero attached hydrogens (tertiary/aromatic N) is 7. The fraction of sp³-hybridized carbons (Fsp3) is 0.105. The quantitative estimate of drug-likeness (QED) is 0.481. The van der Waals surface area contributed by atoms with Crippen LogP contribution < -0.4 is 0 Å². The van der Waals surface area contributed by atoms with Crippen molar-refractivity contribution in [3.8, 4) is 34.3 Å². The lowest BCUT2D eigenvalue weighted by Crippen LogP contribution is -1.95. The molecule has 9 heteroatoms. The number of hydrogen-bond donors (Lipinski definition) is 0. The second-order valence-electron chi connectivity index (χ2n) is 6.35.